The fourth-order valence-electron chi connectivity index (χ4n) is 2.28. The first kappa shape index (κ1) is 13.3. The van der Waals surface area contributed by atoms with Crippen LogP contribution in [0.15, 0.2) is 18.2 Å². The number of ether oxygens (including phenoxy) is 2. The summed E-state index contributed by atoms with van der Waals surface area (Å²) in [6, 6.07) is 4.95. The van der Waals surface area contributed by atoms with Crippen LogP contribution in [0.5, 0.6) is 5.75 Å². The first-order valence-electron chi connectivity index (χ1n) is 6.31. The molecular weight excluding hydrogens is 233 g/mol. The summed E-state index contributed by atoms with van der Waals surface area (Å²) < 4.78 is 24.1. The molecule has 0 amide bonds. The Labute approximate surface area is 107 Å². The molecule has 0 radical (unpaired) electrons. The second-order valence-electron chi connectivity index (χ2n) is 4.80. The van der Waals surface area contributed by atoms with Gasteiger partial charge in [-0.15, -0.1) is 0 Å². The predicted molar refractivity (Wildman–Crippen MR) is 68.2 cm³/mol. The Morgan fingerprint density at radius 3 is 2.78 bits per heavy atom. The average Bonchev–Trinajstić information content (AvgIpc) is 2.32. The first-order valence-corrected chi connectivity index (χ1v) is 6.31. The molecule has 0 saturated heterocycles. The molecule has 4 heteroatoms. The number of hydrogen-bond acceptors (Lipinski definition) is 3. The van der Waals surface area contributed by atoms with Gasteiger partial charge in [0.1, 0.15) is 0 Å². The van der Waals surface area contributed by atoms with Crippen molar-refractivity contribution < 1.29 is 13.9 Å². The Hall–Kier alpha value is -1.13. The van der Waals surface area contributed by atoms with Crippen LogP contribution in [-0.2, 0) is 11.3 Å². The van der Waals surface area contributed by atoms with E-state index in [-0.39, 0.29) is 11.6 Å². The lowest BCUT2D eigenvalue weighted by molar-refractivity contribution is -0.0392. The quantitative estimate of drug-likeness (QED) is 0.844. The summed E-state index contributed by atoms with van der Waals surface area (Å²) in [6.45, 7) is 1.52. The van der Waals surface area contributed by atoms with Crippen molar-refractivity contribution in [3.05, 3.63) is 29.6 Å². The van der Waals surface area contributed by atoms with E-state index in [2.05, 4.69) is 5.32 Å². The molecule has 1 aromatic rings. The van der Waals surface area contributed by atoms with Gasteiger partial charge in [-0.05, 0) is 50.0 Å². The number of nitrogens with one attached hydrogen (secondary N) is 1. The van der Waals surface area contributed by atoms with Gasteiger partial charge >= 0.3 is 0 Å². The highest BCUT2D eigenvalue weighted by atomic mass is 19.1. The van der Waals surface area contributed by atoms with Crippen LogP contribution in [-0.4, -0.2) is 26.8 Å². The molecule has 1 N–H and O–H groups in total. The van der Waals surface area contributed by atoms with E-state index in [1.54, 1.807) is 6.07 Å². The van der Waals surface area contributed by atoms with Crippen molar-refractivity contribution in [2.24, 2.45) is 5.92 Å². The van der Waals surface area contributed by atoms with E-state index < -0.39 is 0 Å². The molecule has 3 nitrogen and oxygen atoms in total. The van der Waals surface area contributed by atoms with Gasteiger partial charge in [0.25, 0.3) is 0 Å². The summed E-state index contributed by atoms with van der Waals surface area (Å²) in [6.07, 6.45) is 2.52. The smallest absolute Gasteiger partial charge is 0.165 e. The Morgan fingerprint density at radius 2 is 2.17 bits per heavy atom. The lowest BCUT2D eigenvalue weighted by atomic mass is 9.82. The van der Waals surface area contributed by atoms with Gasteiger partial charge in [-0.3, -0.25) is 0 Å². The molecule has 0 aliphatic heterocycles. The minimum atomic E-state index is -0.333. The SMILES string of the molecule is CNCC1CC(OCc2ccc(OC)c(F)c2)C1. The van der Waals surface area contributed by atoms with Gasteiger partial charge in [0.2, 0.25) is 0 Å². The minimum absolute atomic E-state index is 0.275. The molecule has 0 heterocycles. The summed E-state index contributed by atoms with van der Waals surface area (Å²) in [5.74, 6) is 0.671. The van der Waals surface area contributed by atoms with E-state index in [9.17, 15) is 4.39 Å². The fourth-order valence-corrected chi connectivity index (χ4v) is 2.28. The van der Waals surface area contributed by atoms with Gasteiger partial charge in [0, 0.05) is 0 Å². The molecule has 1 aliphatic rings. The van der Waals surface area contributed by atoms with Gasteiger partial charge in [0.05, 0.1) is 19.8 Å². The average molecular weight is 253 g/mol. The van der Waals surface area contributed by atoms with Crippen LogP contribution in [0.25, 0.3) is 0 Å². The van der Waals surface area contributed by atoms with Gasteiger partial charge in [-0.2, -0.15) is 0 Å². The summed E-state index contributed by atoms with van der Waals surface area (Å²) in [7, 11) is 3.43. The Kier molecular flexibility index (Phi) is 4.55. The van der Waals surface area contributed by atoms with E-state index in [1.165, 1.54) is 13.2 Å². The van der Waals surface area contributed by atoms with E-state index in [0.29, 0.717) is 12.7 Å². The first-order chi connectivity index (χ1) is 8.72. The molecule has 1 aliphatic carbocycles. The summed E-state index contributed by atoms with van der Waals surface area (Å²) in [5, 5.41) is 3.17. The lowest BCUT2D eigenvalue weighted by Crippen LogP contribution is -2.36. The second kappa shape index (κ2) is 6.16. The number of rotatable bonds is 6. The van der Waals surface area contributed by atoms with Crippen molar-refractivity contribution in [2.75, 3.05) is 20.7 Å². The van der Waals surface area contributed by atoms with Crippen LogP contribution in [0.3, 0.4) is 0 Å². The van der Waals surface area contributed by atoms with Crippen molar-refractivity contribution in [3.8, 4) is 5.75 Å². The molecule has 0 bridgehead atoms. The molecule has 100 valence electrons. The third kappa shape index (κ3) is 3.21. The highest BCUT2D eigenvalue weighted by Gasteiger charge is 2.28. The minimum Gasteiger partial charge on any atom is -0.494 e. The molecule has 18 heavy (non-hydrogen) atoms. The molecule has 1 aromatic carbocycles. The Bertz CT molecular complexity index is 391. The normalized spacial score (nSPS) is 22.6. The van der Waals surface area contributed by atoms with E-state index >= 15 is 0 Å². The topological polar surface area (TPSA) is 30.5 Å². The number of methoxy groups -OCH3 is 1. The van der Waals surface area contributed by atoms with E-state index in [1.807, 2.05) is 13.1 Å². The van der Waals surface area contributed by atoms with Crippen LogP contribution in [0.2, 0.25) is 0 Å². The van der Waals surface area contributed by atoms with Crippen LogP contribution < -0.4 is 10.1 Å². The van der Waals surface area contributed by atoms with E-state index in [0.717, 1.165) is 30.9 Å². The van der Waals surface area contributed by atoms with Crippen molar-refractivity contribution in [2.45, 2.75) is 25.6 Å². The van der Waals surface area contributed by atoms with Crippen molar-refractivity contribution in [3.63, 3.8) is 0 Å². The van der Waals surface area contributed by atoms with Crippen molar-refractivity contribution >= 4 is 0 Å². The molecule has 0 unspecified atom stereocenters. The molecule has 1 saturated carbocycles. The van der Waals surface area contributed by atoms with Crippen LogP contribution in [0.1, 0.15) is 18.4 Å². The zero-order valence-corrected chi connectivity index (χ0v) is 10.9. The monoisotopic (exact) mass is 253 g/mol. The number of benzene rings is 1. The maximum Gasteiger partial charge on any atom is 0.165 e. The zero-order chi connectivity index (χ0) is 13.0. The van der Waals surface area contributed by atoms with Crippen LogP contribution >= 0.6 is 0 Å². The largest absolute Gasteiger partial charge is 0.494 e. The number of hydrogen-bond donors (Lipinski definition) is 1. The van der Waals surface area contributed by atoms with Gasteiger partial charge in [-0.25, -0.2) is 4.39 Å². The third-order valence-corrected chi connectivity index (χ3v) is 3.39. The van der Waals surface area contributed by atoms with Gasteiger partial charge in [0.15, 0.2) is 11.6 Å². The van der Waals surface area contributed by atoms with E-state index in [4.69, 9.17) is 9.47 Å². The van der Waals surface area contributed by atoms with Gasteiger partial charge < -0.3 is 14.8 Å². The maximum atomic E-state index is 13.4. The summed E-state index contributed by atoms with van der Waals surface area (Å²) >= 11 is 0. The second-order valence-corrected chi connectivity index (χ2v) is 4.80. The highest BCUT2D eigenvalue weighted by Crippen LogP contribution is 2.30. The van der Waals surface area contributed by atoms with Crippen LogP contribution in [0.4, 0.5) is 4.39 Å². The van der Waals surface area contributed by atoms with Crippen LogP contribution in [0, 0.1) is 11.7 Å². The summed E-state index contributed by atoms with van der Waals surface area (Å²) in [4.78, 5) is 0. The number of halogens is 1. The Morgan fingerprint density at radius 1 is 1.39 bits per heavy atom. The molecule has 0 atom stereocenters. The standard InChI is InChI=1S/C14H20FNO2/c1-16-8-11-5-12(6-11)18-9-10-3-4-14(17-2)13(15)7-10/h3-4,7,11-12,16H,5-6,8-9H2,1-2H3. The van der Waals surface area contributed by atoms with Crippen molar-refractivity contribution in [1.29, 1.82) is 0 Å². The predicted octanol–water partition coefficient (Wildman–Crippen LogP) is 2.35. The van der Waals surface area contributed by atoms with Gasteiger partial charge in [-0.1, -0.05) is 6.07 Å². The fraction of sp³-hybridized carbons (Fsp3) is 0.571. The molecule has 2 rings (SSSR count). The Balaban J connectivity index is 1.76. The lowest BCUT2D eigenvalue weighted by Gasteiger charge is -2.35. The summed E-state index contributed by atoms with van der Waals surface area (Å²) in [5.41, 5.74) is 0.852. The zero-order valence-electron chi connectivity index (χ0n) is 10.9. The third-order valence-electron chi connectivity index (χ3n) is 3.39. The highest BCUT2D eigenvalue weighted by molar-refractivity contribution is 5.28. The maximum absolute atomic E-state index is 13.4. The molecule has 1 fully saturated rings. The molecule has 0 aromatic heterocycles. The molecule has 0 spiro atoms. The molecular formula is C14H20FNO2. The van der Waals surface area contributed by atoms with Crippen molar-refractivity contribution in [1.82, 2.24) is 5.32 Å².